The lowest BCUT2D eigenvalue weighted by Crippen LogP contribution is -2.13. The molecule has 0 saturated carbocycles. The maximum atomic E-state index is 13.7. The van der Waals surface area contributed by atoms with E-state index in [1.807, 2.05) is 13.8 Å². The Morgan fingerprint density at radius 2 is 1.72 bits per heavy atom. The van der Waals surface area contributed by atoms with E-state index in [4.69, 9.17) is 9.47 Å². The minimum Gasteiger partial charge on any atom is -0.493 e. The molecule has 4 heteroatoms. The fourth-order valence-corrected chi connectivity index (χ4v) is 1.94. The van der Waals surface area contributed by atoms with Crippen molar-refractivity contribution in [3.63, 3.8) is 0 Å². The van der Waals surface area contributed by atoms with Crippen LogP contribution >= 0.6 is 0 Å². The van der Waals surface area contributed by atoms with E-state index in [1.54, 1.807) is 12.1 Å². The van der Waals surface area contributed by atoms with Gasteiger partial charge < -0.3 is 9.47 Å². The molecule has 1 aromatic rings. The zero-order chi connectivity index (χ0) is 13.7. The Hall–Kier alpha value is -1.58. The topological polar surface area (TPSA) is 35.5 Å². The lowest BCUT2D eigenvalue weighted by Gasteiger charge is -2.20. The number of ether oxygens (including phenoxy) is 2. The molecule has 0 aromatic heterocycles. The van der Waals surface area contributed by atoms with E-state index in [2.05, 4.69) is 0 Å². The van der Waals surface area contributed by atoms with Crippen molar-refractivity contribution >= 4 is 5.78 Å². The first-order valence-corrected chi connectivity index (χ1v) is 6.10. The predicted molar refractivity (Wildman–Crippen MR) is 68.3 cm³/mol. The van der Waals surface area contributed by atoms with Gasteiger partial charge in [-0.05, 0) is 18.6 Å². The van der Waals surface area contributed by atoms with E-state index >= 15 is 0 Å². The Labute approximate surface area is 107 Å². The summed E-state index contributed by atoms with van der Waals surface area (Å²) in [5.74, 6) is 0.882. The number of hydrogen-bond donors (Lipinski definition) is 0. The zero-order valence-electron chi connectivity index (χ0n) is 11.2. The maximum Gasteiger partial charge on any atom is 0.163 e. The van der Waals surface area contributed by atoms with Gasteiger partial charge in [0.1, 0.15) is 6.17 Å². The Morgan fingerprint density at radius 3 is 2.28 bits per heavy atom. The monoisotopic (exact) mass is 254 g/mol. The molecule has 0 aliphatic heterocycles. The molecular formula is C14H19FO3. The second-order valence-electron chi connectivity index (χ2n) is 3.72. The summed E-state index contributed by atoms with van der Waals surface area (Å²) in [6.07, 6.45) is -0.585. The molecular weight excluding hydrogens is 235 g/mol. The number of rotatable bonds is 2. The molecule has 0 radical (unpaired) electrons. The van der Waals surface area contributed by atoms with E-state index in [0.29, 0.717) is 22.6 Å². The molecule has 1 unspecified atom stereocenters. The fourth-order valence-electron chi connectivity index (χ4n) is 1.94. The van der Waals surface area contributed by atoms with Gasteiger partial charge in [0.05, 0.1) is 14.2 Å². The highest BCUT2D eigenvalue weighted by Gasteiger charge is 2.27. The highest BCUT2D eigenvalue weighted by Crippen LogP contribution is 2.39. The second-order valence-corrected chi connectivity index (χ2v) is 3.72. The number of ketones is 1. The van der Waals surface area contributed by atoms with Gasteiger partial charge in [0.2, 0.25) is 0 Å². The molecule has 1 aliphatic carbocycles. The maximum absolute atomic E-state index is 13.7. The highest BCUT2D eigenvalue weighted by molar-refractivity contribution is 5.99. The van der Waals surface area contributed by atoms with Crippen LogP contribution in [0.2, 0.25) is 0 Å². The van der Waals surface area contributed by atoms with Gasteiger partial charge in [-0.3, -0.25) is 4.79 Å². The van der Waals surface area contributed by atoms with Gasteiger partial charge in [-0.2, -0.15) is 0 Å². The molecule has 3 nitrogen and oxygen atoms in total. The van der Waals surface area contributed by atoms with E-state index in [-0.39, 0.29) is 18.6 Å². The van der Waals surface area contributed by atoms with Gasteiger partial charge in [-0.1, -0.05) is 13.8 Å². The first-order valence-electron chi connectivity index (χ1n) is 6.10. The first-order chi connectivity index (χ1) is 8.67. The van der Waals surface area contributed by atoms with Crippen LogP contribution in [0.15, 0.2) is 12.1 Å². The van der Waals surface area contributed by atoms with Crippen molar-refractivity contribution < 1.29 is 18.7 Å². The van der Waals surface area contributed by atoms with Gasteiger partial charge in [-0.15, -0.1) is 0 Å². The lowest BCUT2D eigenvalue weighted by molar-refractivity contribution is 0.0948. The summed E-state index contributed by atoms with van der Waals surface area (Å²) in [4.78, 5) is 11.6. The molecule has 18 heavy (non-hydrogen) atoms. The van der Waals surface area contributed by atoms with Crippen molar-refractivity contribution in [2.24, 2.45) is 0 Å². The standard InChI is InChI=1S/C12H13FO3.C2H6/c1-15-11-5-7-8(6-12(11)16-2)10(14)4-3-9(7)13;1-2/h5-6,9H,3-4H2,1-2H3;1-2H3. The Kier molecular flexibility index (Phi) is 5.13. The average molecular weight is 254 g/mol. The summed E-state index contributed by atoms with van der Waals surface area (Å²) in [6, 6.07) is 3.11. The number of carbonyl (C=O) groups is 1. The quantitative estimate of drug-likeness (QED) is 0.807. The summed E-state index contributed by atoms with van der Waals surface area (Å²) in [5, 5.41) is 0. The van der Waals surface area contributed by atoms with Crippen LogP contribution in [0.1, 0.15) is 48.8 Å². The van der Waals surface area contributed by atoms with Crippen LogP contribution in [0.4, 0.5) is 4.39 Å². The molecule has 0 heterocycles. The molecule has 1 aromatic carbocycles. The van der Waals surface area contributed by atoms with Crippen LogP contribution in [0.5, 0.6) is 11.5 Å². The molecule has 0 amide bonds. The van der Waals surface area contributed by atoms with Crippen molar-refractivity contribution in [3.8, 4) is 11.5 Å². The third kappa shape index (κ3) is 2.63. The number of carbonyl (C=O) groups excluding carboxylic acids is 1. The molecule has 1 aliphatic rings. The van der Waals surface area contributed by atoms with Gasteiger partial charge in [0, 0.05) is 17.5 Å². The number of halogens is 1. The fraction of sp³-hybridized carbons (Fsp3) is 0.500. The average Bonchev–Trinajstić information content (AvgIpc) is 2.44. The summed E-state index contributed by atoms with van der Waals surface area (Å²) in [7, 11) is 2.98. The SMILES string of the molecule is CC.COc1cc2c(cc1OC)C(F)CCC2=O. The van der Waals surface area contributed by atoms with Gasteiger partial charge in [0.15, 0.2) is 17.3 Å². The molecule has 1 atom stereocenters. The summed E-state index contributed by atoms with van der Waals surface area (Å²) in [6.45, 7) is 4.00. The van der Waals surface area contributed by atoms with Crippen LogP contribution in [0, 0.1) is 0 Å². The van der Waals surface area contributed by atoms with Gasteiger partial charge >= 0.3 is 0 Å². The van der Waals surface area contributed by atoms with Crippen molar-refractivity contribution in [2.45, 2.75) is 32.9 Å². The molecule has 0 fully saturated rings. The predicted octanol–water partition coefficient (Wildman–Crippen LogP) is 3.72. The van der Waals surface area contributed by atoms with E-state index in [0.717, 1.165) is 0 Å². The van der Waals surface area contributed by atoms with E-state index in [1.165, 1.54) is 14.2 Å². The molecule has 0 saturated heterocycles. The minimum atomic E-state index is -1.09. The third-order valence-corrected chi connectivity index (χ3v) is 2.82. The van der Waals surface area contributed by atoms with Crippen molar-refractivity contribution in [1.29, 1.82) is 0 Å². The van der Waals surface area contributed by atoms with Crippen molar-refractivity contribution in [3.05, 3.63) is 23.3 Å². The number of alkyl halides is 1. The molecule has 100 valence electrons. The summed E-state index contributed by atoms with van der Waals surface area (Å²) < 4.78 is 23.8. The first kappa shape index (κ1) is 14.5. The minimum absolute atomic E-state index is 0.0372. The number of methoxy groups -OCH3 is 2. The third-order valence-electron chi connectivity index (χ3n) is 2.82. The number of benzene rings is 1. The second kappa shape index (κ2) is 6.38. The van der Waals surface area contributed by atoms with E-state index in [9.17, 15) is 9.18 Å². The largest absolute Gasteiger partial charge is 0.493 e. The van der Waals surface area contributed by atoms with E-state index < -0.39 is 6.17 Å². The van der Waals surface area contributed by atoms with Crippen LogP contribution in [-0.2, 0) is 0 Å². The van der Waals surface area contributed by atoms with Crippen molar-refractivity contribution in [1.82, 2.24) is 0 Å². The molecule has 0 N–H and O–H groups in total. The van der Waals surface area contributed by atoms with Crippen molar-refractivity contribution in [2.75, 3.05) is 14.2 Å². The van der Waals surface area contributed by atoms with Gasteiger partial charge in [0.25, 0.3) is 0 Å². The summed E-state index contributed by atoms with van der Waals surface area (Å²) >= 11 is 0. The smallest absolute Gasteiger partial charge is 0.163 e. The van der Waals surface area contributed by atoms with Crippen LogP contribution in [0.3, 0.4) is 0 Å². The van der Waals surface area contributed by atoms with Crippen LogP contribution in [-0.4, -0.2) is 20.0 Å². The van der Waals surface area contributed by atoms with Crippen LogP contribution in [0.25, 0.3) is 0 Å². The molecule has 0 spiro atoms. The number of Topliss-reactive ketones (excluding diaryl/α,β-unsaturated/α-hetero) is 1. The van der Waals surface area contributed by atoms with Crippen LogP contribution < -0.4 is 9.47 Å². The Balaban J connectivity index is 0.000000771. The summed E-state index contributed by atoms with van der Waals surface area (Å²) in [5.41, 5.74) is 0.824. The number of fused-ring (bicyclic) bond motifs is 1. The Bertz CT molecular complexity index is 429. The zero-order valence-corrected chi connectivity index (χ0v) is 11.2. The number of hydrogen-bond acceptors (Lipinski definition) is 3. The van der Waals surface area contributed by atoms with Gasteiger partial charge in [-0.25, -0.2) is 4.39 Å². The molecule has 0 bridgehead atoms. The lowest BCUT2D eigenvalue weighted by atomic mass is 9.89. The normalized spacial score (nSPS) is 17.4. The Morgan fingerprint density at radius 1 is 1.17 bits per heavy atom. The highest BCUT2D eigenvalue weighted by atomic mass is 19.1. The molecule has 2 rings (SSSR count).